The Kier molecular flexibility index (Phi) is 3.97. The van der Waals surface area contributed by atoms with Gasteiger partial charge in [0.1, 0.15) is 0 Å². The van der Waals surface area contributed by atoms with Gasteiger partial charge in [0.25, 0.3) is 0 Å². The highest BCUT2D eigenvalue weighted by atomic mass is 32.1. The molecule has 3 rings (SSSR count). The van der Waals surface area contributed by atoms with Crippen LogP contribution in [-0.4, -0.2) is 0 Å². The van der Waals surface area contributed by atoms with E-state index in [4.69, 9.17) is 0 Å². The zero-order valence-corrected chi connectivity index (χ0v) is 12.0. The predicted octanol–water partition coefficient (Wildman–Crippen LogP) is 5.31. The van der Waals surface area contributed by atoms with Crippen LogP contribution in [0.15, 0.2) is 60.0 Å². The summed E-state index contributed by atoms with van der Waals surface area (Å²) in [6.07, 6.45) is 0. The van der Waals surface area contributed by atoms with Gasteiger partial charge in [0, 0.05) is 23.2 Å². The molecule has 0 amide bonds. The van der Waals surface area contributed by atoms with Gasteiger partial charge < -0.3 is 5.32 Å². The van der Waals surface area contributed by atoms with Crippen molar-refractivity contribution in [2.75, 3.05) is 5.32 Å². The van der Waals surface area contributed by atoms with E-state index in [1.54, 1.807) is 11.3 Å². The Labute approximate surface area is 125 Å². The Morgan fingerprint density at radius 3 is 2.43 bits per heavy atom. The van der Waals surface area contributed by atoms with Gasteiger partial charge in [-0.1, -0.05) is 30.3 Å². The lowest BCUT2D eigenvalue weighted by Gasteiger charge is -2.05. The average molecular weight is 301 g/mol. The third-order valence-corrected chi connectivity index (χ3v) is 4.08. The number of hydrogen-bond donors (Lipinski definition) is 1. The molecule has 4 heteroatoms. The van der Waals surface area contributed by atoms with Crippen LogP contribution in [0.2, 0.25) is 0 Å². The van der Waals surface area contributed by atoms with Crippen molar-refractivity contribution in [1.29, 1.82) is 0 Å². The molecule has 1 aromatic heterocycles. The lowest BCUT2D eigenvalue weighted by atomic mass is 10.1. The fraction of sp³-hybridized carbons (Fsp3) is 0.0588. The summed E-state index contributed by atoms with van der Waals surface area (Å²) < 4.78 is 26.0. The molecule has 0 saturated heterocycles. The van der Waals surface area contributed by atoms with Gasteiger partial charge in [-0.2, -0.15) is 0 Å². The van der Waals surface area contributed by atoms with Crippen LogP contribution in [0.1, 0.15) is 4.88 Å². The van der Waals surface area contributed by atoms with Crippen molar-refractivity contribution in [2.45, 2.75) is 6.54 Å². The quantitative estimate of drug-likeness (QED) is 0.689. The molecule has 0 spiro atoms. The zero-order chi connectivity index (χ0) is 14.7. The monoisotopic (exact) mass is 301 g/mol. The normalized spacial score (nSPS) is 10.6. The maximum absolute atomic E-state index is 13.1. The third kappa shape index (κ3) is 3.28. The number of rotatable bonds is 4. The molecular weight excluding hydrogens is 288 g/mol. The maximum Gasteiger partial charge on any atom is 0.160 e. The minimum Gasteiger partial charge on any atom is -0.380 e. The van der Waals surface area contributed by atoms with E-state index >= 15 is 0 Å². The molecule has 0 unspecified atom stereocenters. The summed E-state index contributed by atoms with van der Waals surface area (Å²) in [5, 5.41) is 5.19. The first kappa shape index (κ1) is 13.8. The Balaban J connectivity index is 1.69. The summed E-state index contributed by atoms with van der Waals surface area (Å²) in [6, 6.07) is 16.1. The lowest BCUT2D eigenvalue weighted by molar-refractivity contribution is 0.509. The van der Waals surface area contributed by atoms with Gasteiger partial charge >= 0.3 is 0 Å². The van der Waals surface area contributed by atoms with Crippen LogP contribution in [0.25, 0.3) is 11.1 Å². The molecule has 2 aromatic carbocycles. The number of hydrogen-bond acceptors (Lipinski definition) is 2. The molecular formula is C17H13F2NS. The highest BCUT2D eigenvalue weighted by Gasteiger charge is 2.04. The molecule has 21 heavy (non-hydrogen) atoms. The van der Waals surface area contributed by atoms with Crippen molar-refractivity contribution in [3.63, 3.8) is 0 Å². The van der Waals surface area contributed by atoms with Crippen LogP contribution in [0.3, 0.4) is 0 Å². The van der Waals surface area contributed by atoms with Gasteiger partial charge in [-0.05, 0) is 34.7 Å². The number of halogens is 2. The van der Waals surface area contributed by atoms with E-state index in [0.717, 1.165) is 10.9 Å². The topological polar surface area (TPSA) is 12.0 Å². The van der Waals surface area contributed by atoms with Crippen LogP contribution in [-0.2, 0) is 6.54 Å². The van der Waals surface area contributed by atoms with Gasteiger partial charge in [-0.15, -0.1) is 11.3 Å². The molecule has 0 aliphatic carbocycles. The number of nitrogens with one attached hydrogen (secondary N) is 1. The fourth-order valence-electron chi connectivity index (χ4n) is 2.05. The molecule has 1 N–H and O–H groups in total. The second-order valence-corrected chi connectivity index (χ2v) is 5.65. The maximum atomic E-state index is 13.1. The van der Waals surface area contributed by atoms with Gasteiger partial charge in [-0.25, -0.2) is 8.78 Å². The molecule has 0 aliphatic rings. The largest absolute Gasteiger partial charge is 0.380 e. The van der Waals surface area contributed by atoms with Crippen molar-refractivity contribution in [1.82, 2.24) is 0 Å². The van der Waals surface area contributed by atoms with E-state index < -0.39 is 11.6 Å². The molecule has 0 fully saturated rings. The van der Waals surface area contributed by atoms with Gasteiger partial charge in [0.15, 0.2) is 11.6 Å². The first-order valence-electron chi connectivity index (χ1n) is 6.54. The third-order valence-electron chi connectivity index (χ3n) is 3.15. The summed E-state index contributed by atoms with van der Waals surface area (Å²) >= 11 is 1.64. The second kappa shape index (κ2) is 6.06. The lowest BCUT2D eigenvalue weighted by Crippen LogP contribution is -1.98. The van der Waals surface area contributed by atoms with Crippen LogP contribution >= 0.6 is 11.3 Å². The van der Waals surface area contributed by atoms with E-state index in [1.165, 1.54) is 23.3 Å². The number of benzene rings is 2. The Morgan fingerprint density at radius 1 is 0.857 bits per heavy atom. The summed E-state index contributed by atoms with van der Waals surface area (Å²) in [4.78, 5) is 1.14. The Morgan fingerprint density at radius 2 is 1.67 bits per heavy atom. The predicted molar refractivity (Wildman–Crippen MR) is 83.4 cm³/mol. The summed E-state index contributed by atoms with van der Waals surface area (Å²) in [7, 11) is 0. The second-order valence-electron chi connectivity index (χ2n) is 4.65. The van der Waals surface area contributed by atoms with E-state index in [9.17, 15) is 8.78 Å². The average Bonchev–Trinajstić information content (AvgIpc) is 2.98. The summed E-state index contributed by atoms with van der Waals surface area (Å²) in [6.45, 7) is 0.586. The molecule has 106 valence electrons. The van der Waals surface area contributed by atoms with E-state index in [1.807, 2.05) is 18.2 Å². The van der Waals surface area contributed by atoms with Crippen LogP contribution in [0.5, 0.6) is 0 Å². The van der Waals surface area contributed by atoms with Gasteiger partial charge in [0.2, 0.25) is 0 Å². The highest BCUT2D eigenvalue weighted by Crippen LogP contribution is 2.26. The number of thiophene rings is 1. The van der Waals surface area contributed by atoms with Crippen molar-refractivity contribution in [3.8, 4) is 11.1 Å². The van der Waals surface area contributed by atoms with Crippen molar-refractivity contribution >= 4 is 17.0 Å². The van der Waals surface area contributed by atoms with Crippen molar-refractivity contribution in [3.05, 3.63) is 76.5 Å². The van der Waals surface area contributed by atoms with Gasteiger partial charge in [-0.3, -0.25) is 0 Å². The van der Waals surface area contributed by atoms with Crippen molar-refractivity contribution < 1.29 is 8.78 Å². The molecule has 0 radical (unpaired) electrons. The number of anilines is 1. The molecule has 1 heterocycles. The zero-order valence-electron chi connectivity index (χ0n) is 11.1. The van der Waals surface area contributed by atoms with Crippen LogP contribution in [0, 0.1) is 11.6 Å². The molecule has 0 aliphatic heterocycles. The Bertz CT molecular complexity index is 738. The summed E-state index contributed by atoms with van der Waals surface area (Å²) in [5.41, 5.74) is 2.92. The first-order valence-corrected chi connectivity index (χ1v) is 7.42. The standard InChI is InChI=1S/C17H13F2NS/c18-16-7-6-14(9-17(16)19)20-10-15-8-13(11-21-15)12-4-2-1-3-5-12/h1-9,11,20H,10H2. The van der Waals surface area contributed by atoms with E-state index in [2.05, 4.69) is 28.9 Å². The Hall–Kier alpha value is -2.20. The van der Waals surface area contributed by atoms with Gasteiger partial charge in [0.05, 0.1) is 0 Å². The highest BCUT2D eigenvalue weighted by molar-refractivity contribution is 7.10. The minimum absolute atomic E-state index is 0.573. The van der Waals surface area contributed by atoms with Crippen LogP contribution < -0.4 is 5.32 Å². The first-order chi connectivity index (χ1) is 10.2. The van der Waals surface area contributed by atoms with Crippen LogP contribution in [0.4, 0.5) is 14.5 Å². The van der Waals surface area contributed by atoms with E-state index in [-0.39, 0.29) is 0 Å². The SMILES string of the molecule is Fc1ccc(NCc2cc(-c3ccccc3)cs2)cc1F. The smallest absolute Gasteiger partial charge is 0.160 e. The molecule has 3 aromatic rings. The molecule has 0 bridgehead atoms. The van der Waals surface area contributed by atoms with E-state index in [0.29, 0.717) is 12.2 Å². The minimum atomic E-state index is -0.837. The molecule has 1 nitrogen and oxygen atoms in total. The molecule has 0 saturated carbocycles. The summed E-state index contributed by atoms with van der Waals surface area (Å²) in [5.74, 6) is -1.67. The molecule has 0 atom stereocenters. The fourth-order valence-corrected chi connectivity index (χ4v) is 2.88. The van der Waals surface area contributed by atoms with Crippen molar-refractivity contribution in [2.24, 2.45) is 0 Å².